The van der Waals surface area contributed by atoms with Gasteiger partial charge in [0.15, 0.2) is 0 Å². The minimum atomic E-state index is -0.0417. The van der Waals surface area contributed by atoms with Crippen molar-refractivity contribution in [2.45, 2.75) is 19.0 Å². The molecule has 0 fully saturated rings. The highest BCUT2D eigenvalue weighted by molar-refractivity contribution is 7.09. The lowest BCUT2D eigenvalue weighted by Crippen LogP contribution is -2.30. The largest absolute Gasteiger partial charge is 0.351 e. The van der Waals surface area contributed by atoms with Crippen LogP contribution in [-0.4, -0.2) is 11.9 Å². The molecule has 80 valence electrons. The second-order valence-electron chi connectivity index (χ2n) is 3.69. The predicted octanol–water partition coefficient (Wildman–Crippen LogP) is 1.27. The van der Waals surface area contributed by atoms with Crippen molar-refractivity contribution < 1.29 is 4.79 Å². The third-order valence-electron chi connectivity index (χ3n) is 2.47. The van der Waals surface area contributed by atoms with Gasteiger partial charge in [-0.25, -0.2) is 0 Å². The molecule has 1 aromatic rings. The highest BCUT2D eigenvalue weighted by Crippen LogP contribution is 2.16. The highest BCUT2D eigenvalue weighted by atomic mass is 32.1. The van der Waals surface area contributed by atoms with E-state index in [1.54, 1.807) is 11.3 Å². The number of nitrogens with one attached hydrogen (secondary N) is 1. The lowest BCUT2D eigenvalue weighted by atomic mass is 10.1. The molecule has 4 heteroatoms. The third kappa shape index (κ3) is 2.67. The predicted molar refractivity (Wildman–Crippen MR) is 61.4 cm³/mol. The number of carbonyl (C=O) groups is 1. The lowest BCUT2D eigenvalue weighted by molar-refractivity contribution is -0.123. The summed E-state index contributed by atoms with van der Waals surface area (Å²) in [5.41, 5.74) is 5.69. The van der Waals surface area contributed by atoms with Crippen LogP contribution in [0.15, 0.2) is 29.7 Å². The summed E-state index contributed by atoms with van der Waals surface area (Å²) in [6, 6.07) is 4.04. The van der Waals surface area contributed by atoms with Gasteiger partial charge in [-0.15, -0.1) is 11.3 Å². The van der Waals surface area contributed by atoms with Crippen molar-refractivity contribution in [3.8, 4) is 0 Å². The van der Waals surface area contributed by atoms with Crippen molar-refractivity contribution in [3.63, 3.8) is 0 Å². The van der Waals surface area contributed by atoms with Gasteiger partial charge < -0.3 is 11.1 Å². The molecule has 1 aliphatic carbocycles. The molecule has 0 bridgehead atoms. The summed E-state index contributed by atoms with van der Waals surface area (Å²) in [5, 5.41) is 4.92. The molecule has 15 heavy (non-hydrogen) atoms. The summed E-state index contributed by atoms with van der Waals surface area (Å²) in [7, 11) is 0. The smallest absolute Gasteiger partial charge is 0.227 e. The fourth-order valence-corrected chi connectivity index (χ4v) is 2.28. The third-order valence-corrected chi connectivity index (χ3v) is 3.35. The van der Waals surface area contributed by atoms with Gasteiger partial charge in [0.05, 0.1) is 12.5 Å². The maximum atomic E-state index is 11.7. The van der Waals surface area contributed by atoms with Gasteiger partial charge in [-0.1, -0.05) is 18.2 Å². The van der Waals surface area contributed by atoms with Crippen LogP contribution in [0.5, 0.6) is 0 Å². The van der Waals surface area contributed by atoms with Crippen molar-refractivity contribution in [1.82, 2.24) is 5.32 Å². The molecule has 0 radical (unpaired) electrons. The molecule has 1 amide bonds. The molecule has 1 heterocycles. The minimum absolute atomic E-state index is 0.0417. The van der Waals surface area contributed by atoms with E-state index in [0.717, 1.165) is 6.42 Å². The Morgan fingerprint density at radius 3 is 3.07 bits per heavy atom. The van der Waals surface area contributed by atoms with Crippen molar-refractivity contribution in [2.24, 2.45) is 11.7 Å². The number of hydrogen-bond acceptors (Lipinski definition) is 3. The first kappa shape index (κ1) is 10.4. The summed E-state index contributed by atoms with van der Waals surface area (Å²) < 4.78 is 0. The van der Waals surface area contributed by atoms with Crippen LogP contribution in [0.3, 0.4) is 0 Å². The maximum absolute atomic E-state index is 11.7. The summed E-state index contributed by atoms with van der Waals surface area (Å²) in [6.45, 7) is 0.621. The summed E-state index contributed by atoms with van der Waals surface area (Å²) >= 11 is 1.65. The first-order valence-electron chi connectivity index (χ1n) is 4.99. The monoisotopic (exact) mass is 222 g/mol. The first-order chi connectivity index (χ1) is 7.25. The zero-order valence-corrected chi connectivity index (χ0v) is 9.17. The van der Waals surface area contributed by atoms with Crippen LogP contribution in [0.2, 0.25) is 0 Å². The van der Waals surface area contributed by atoms with E-state index in [1.165, 1.54) is 4.88 Å². The molecular formula is C11H14N2OS. The Labute approximate surface area is 93.0 Å². The first-order valence-corrected chi connectivity index (χ1v) is 5.87. The molecule has 2 atom stereocenters. The van der Waals surface area contributed by atoms with E-state index >= 15 is 0 Å². The average Bonchev–Trinajstić information content (AvgIpc) is 2.84. The molecule has 0 saturated heterocycles. The number of amides is 1. The van der Waals surface area contributed by atoms with E-state index in [-0.39, 0.29) is 17.9 Å². The minimum Gasteiger partial charge on any atom is -0.351 e. The Balaban J connectivity index is 1.81. The molecule has 1 aliphatic rings. The van der Waals surface area contributed by atoms with Gasteiger partial charge >= 0.3 is 0 Å². The number of thiophene rings is 1. The number of rotatable bonds is 3. The highest BCUT2D eigenvalue weighted by Gasteiger charge is 2.22. The Morgan fingerprint density at radius 2 is 2.47 bits per heavy atom. The molecular weight excluding hydrogens is 208 g/mol. The molecule has 0 aliphatic heterocycles. The van der Waals surface area contributed by atoms with Crippen molar-refractivity contribution >= 4 is 17.2 Å². The van der Waals surface area contributed by atoms with E-state index < -0.39 is 0 Å². The van der Waals surface area contributed by atoms with Gasteiger partial charge in [-0.3, -0.25) is 4.79 Å². The maximum Gasteiger partial charge on any atom is 0.227 e. The van der Waals surface area contributed by atoms with Crippen LogP contribution in [0.1, 0.15) is 11.3 Å². The van der Waals surface area contributed by atoms with Gasteiger partial charge in [0.25, 0.3) is 0 Å². The Hall–Kier alpha value is -1.13. The van der Waals surface area contributed by atoms with Crippen molar-refractivity contribution in [2.75, 3.05) is 0 Å². The quantitative estimate of drug-likeness (QED) is 0.757. The van der Waals surface area contributed by atoms with Crippen LogP contribution in [0.4, 0.5) is 0 Å². The van der Waals surface area contributed by atoms with Crippen molar-refractivity contribution in [3.05, 3.63) is 34.5 Å². The van der Waals surface area contributed by atoms with Gasteiger partial charge in [-0.2, -0.15) is 0 Å². The average molecular weight is 222 g/mol. The van der Waals surface area contributed by atoms with Crippen LogP contribution < -0.4 is 11.1 Å². The Kier molecular flexibility index (Phi) is 3.18. The van der Waals surface area contributed by atoms with Crippen LogP contribution in [0, 0.1) is 5.92 Å². The molecule has 2 unspecified atom stereocenters. The van der Waals surface area contributed by atoms with Gasteiger partial charge in [0, 0.05) is 10.9 Å². The van der Waals surface area contributed by atoms with Gasteiger partial charge in [0.1, 0.15) is 0 Å². The SMILES string of the molecule is NC1C=CC(C(=O)NCc2cccs2)C1. The van der Waals surface area contributed by atoms with Gasteiger partial charge in [-0.05, 0) is 17.9 Å². The lowest BCUT2D eigenvalue weighted by Gasteiger charge is -2.09. The zero-order valence-electron chi connectivity index (χ0n) is 8.35. The summed E-state index contributed by atoms with van der Waals surface area (Å²) in [6.07, 6.45) is 4.53. The Bertz CT molecular complexity index is 359. The molecule has 3 nitrogen and oxygen atoms in total. The van der Waals surface area contributed by atoms with E-state index in [2.05, 4.69) is 5.32 Å². The molecule has 0 aromatic carbocycles. The fourth-order valence-electron chi connectivity index (χ4n) is 1.64. The van der Waals surface area contributed by atoms with E-state index in [1.807, 2.05) is 29.7 Å². The second-order valence-corrected chi connectivity index (χ2v) is 4.72. The van der Waals surface area contributed by atoms with Crippen LogP contribution in [-0.2, 0) is 11.3 Å². The number of carbonyl (C=O) groups excluding carboxylic acids is 1. The molecule has 3 N–H and O–H groups in total. The molecule has 0 saturated carbocycles. The van der Waals surface area contributed by atoms with Gasteiger partial charge in [0.2, 0.25) is 5.91 Å². The number of hydrogen-bond donors (Lipinski definition) is 2. The van der Waals surface area contributed by atoms with E-state index in [0.29, 0.717) is 6.54 Å². The zero-order chi connectivity index (χ0) is 10.7. The van der Waals surface area contributed by atoms with Crippen molar-refractivity contribution in [1.29, 1.82) is 0 Å². The molecule has 2 rings (SSSR count). The fraction of sp³-hybridized carbons (Fsp3) is 0.364. The van der Waals surface area contributed by atoms with E-state index in [4.69, 9.17) is 5.73 Å². The molecule has 1 aromatic heterocycles. The molecule has 0 spiro atoms. The van der Waals surface area contributed by atoms with Crippen LogP contribution >= 0.6 is 11.3 Å². The number of nitrogens with two attached hydrogens (primary N) is 1. The summed E-state index contributed by atoms with van der Waals surface area (Å²) in [5.74, 6) is 0.0348. The Morgan fingerprint density at radius 1 is 1.60 bits per heavy atom. The topological polar surface area (TPSA) is 55.1 Å². The van der Waals surface area contributed by atoms with Crippen LogP contribution in [0.25, 0.3) is 0 Å². The van der Waals surface area contributed by atoms with E-state index in [9.17, 15) is 4.79 Å². The standard InChI is InChI=1S/C11H14N2OS/c12-9-4-3-8(6-9)11(14)13-7-10-2-1-5-15-10/h1-5,8-9H,6-7,12H2,(H,13,14). The second kappa shape index (κ2) is 4.59. The normalized spacial score (nSPS) is 24.3. The summed E-state index contributed by atoms with van der Waals surface area (Å²) in [4.78, 5) is 12.8.